The van der Waals surface area contributed by atoms with Crippen molar-refractivity contribution in [2.24, 2.45) is 11.8 Å². The summed E-state index contributed by atoms with van der Waals surface area (Å²) in [6, 6.07) is 12.4. The normalized spacial score (nSPS) is 27.5. The number of nitrogens with zero attached hydrogens (tertiary/aromatic N) is 2. The lowest BCUT2D eigenvalue weighted by molar-refractivity contribution is -0.123. The Labute approximate surface area is 184 Å². The van der Waals surface area contributed by atoms with Crippen LogP contribution in [0.3, 0.4) is 0 Å². The summed E-state index contributed by atoms with van der Waals surface area (Å²) < 4.78 is 0. The summed E-state index contributed by atoms with van der Waals surface area (Å²) in [6.07, 6.45) is 1.69. The summed E-state index contributed by atoms with van der Waals surface area (Å²) >= 11 is 5.97. The Bertz CT molecular complexity index is 1100. The van der Waals surface area contributed by atoms with E-state index >= 15 is 0 Å². The van der Waals surface area contributed by atoms with Gasteiger partial charge in [0.15, 0.2) is 11.6 Å². The van der Waals surface area contributed by atoms with Crippen molar-refractivity contribution in [3.63, 3.8) is 0 Å². The van der Waals surface area contributed by atoms with Crippen LogP contribution in [0.4, 0.5) is 5.69 Å². The number of carbonyl (C=O) groups is 4. The van der Waals surface area contributed by atoms with Crippen LogP contribution in [-0.4, -0.2) is 46.9 Å². The number of carbonyl (C=O) groups excluding carboxylic acids is 4. The van der Waals surface area contributed by atoms with Gasteiger partial charge in [0.25, 0.3) is 0 Å². The molecule has 4 atom stereocenters. The van der Waals surface area contributed by atoms with Gasteiger partial charge in [0.2, 0.25) is 11.8 Å². The molecule has 3 saturated heterocycles. The quantitative estimate of drug-likeness (QED) is 0.542. The van der Waals surface area contributed by atoms with Crippen LogP contribution in [0, 0.1) is 11.8 Å². The van der Waals surface area contributed by atoms with E-state index in [1.54, 1.807) is 48.5 Å². The second-order valence-corrected chi connectivity index (χ2v) is 8.87. The second-order valence-electron chi connectivity index (χ2n) is 8.43. The van der Waals surface area contributed by atoms with Crippen molar-refractivity contribution in [1.82, 2.24) is 4.90 Å². The smallest absolute Gasteiger partial charge is 0.239 e. The Balaban J connectivity index is 1.52. The van der Waals surface area contributed by atoms with Gasteiger partial charge < -0.3 is 0 Å². The van der Waals surface area contributed by atoms with Gasteiger partial charge in [-0.1, -0.05) is 11.6 Å². The van der Waals surface area contributed by atoms with Gasteiger partial charge in [-0.05, 0) is 74.8 Å². The molecule has 0 saturated carbocycles. The highest BCUT2D eigenvalue weighted by atomic mass is 35.5. The maximum absolute atomic E-state index is 13.5. The van der Waals surface area contributed by atoms with Crippen LogP contribution in [0.15, 0.2) is 48.5 Å². The van der Waals surface area contributed by atoms with Crippen molar-refractivity contribution >= 4 is 40.7 Å². The maximum Gasteiger partial charge on any atom is 0.239 e. The average molecular weight is 437 g/mol. The van der Waals surface area contributed by atoms with E-state index in [1.807, 2.05) is 0 Å². The predicted octanol–water partition coefficient (Wildman–Crippen LogP) is 3.38. The van der Waals surface area contributed by atoms with Crippen LogP contribution in [0.2, 0.25) is 5.02 Å². The van der Waals surface area contributed by atoms with Crippen molar-refractivity contribution in [3.8, 4) is 0 Å². The third kappa shape index (κ3) is 3.05. The number of imide groups is 1. The zero-order valence-electron chi connectivity index (χ0n) is 17.0. The first-order valence-electron chi connectivity index (χ1n) is 10.4. The summed E-state index contributed by atoms with van der Waals surface area (Å²) in [6.45, 7) is 2.17. The molecule has 3 aliphatic heterocycles. The number of benzene rings is 2. The monoisotopic (exact) mass is 436 g/mol. The molecule has 0 bridgehead atoms. The Morgan fingerprint density at radius 3 is 2.16 bits per heavy atom. The van der Waals surface area contributed by atoms with Crippen LogP contribution in [-0.2, 0) is 9.59 Å². The molecular weight excluding hydrogens is 416 g/mol. The van der Waals surface area contributed by atoms with Crippen molar-refractivity contribution in [3.05, 3.63) is 64.7 Å². The number of rotatable bonds is 4. The number of hydrogen-bond donors (Lipinski definition) is 0. The highest BCUT2D eigenvalue weighted by Crippen LogP contribution is 2.48. The summed E-state index contributed by atoms with van der Waals surface area (Å²) in [5.41, 5.74) is 1.45. The number of amides is 2. The van der Waals surface area contributed by atoms with E-state index in [4.69, 9.17) is 11.6 Å². The molecule has 2 aromatic carbocycles. The molecule has 3 heterocycles. The highest BCUT2D eigenvalue weighted by molar-refractivity contribution is 6.30. The summed E-state index contributed by atoms with van der Waals surface area (Å²) in [7, 11) is 0. The van der Waals surface area contributed by atoms with Gasteiger partial charge in [-0.3, -0.25) is 24.1 Å². The minimum absolute atomic E-state index is 0.0854. The minimum atomic E-state index is -0.700. The van der Waals surface area contributed by atoms with Crippen LogP contribution in [0.1, 0.15) is 40.5 Å². The van der Waals surface area contributed by atoms with Gasteiger partial charge in [0.05, 0.1) is 23.6 Å². The molecule has 0 unspecified atom stereocenters. The third-order valence-corrected chi connectivity index (χ3v) is 7.03. The number of halogens is 1. The molecule has 6 nitrogen and oxygen atoms in total. The van der Waals surface area contributed by atoms with E-state index in [2.05, 4.69) is 4.90 Å². The molecule has 3 fully saturated rings. The average Bonchev–Trinajstić information content (AvgIpc) is 3.40. The molecule has 0 N–H and O–H groups in total. The first-order valence-corrected chi connectivity index (χ1v) is 10.8. The minimum Gasteiger partial charge on any atom is -0.295 e. The van der Waals surface area contributed by atoms with Gasteiger partial charge in [0.1, 0.15) is 0 Å². The summed E-state index contributed by atoms with van der Waals surface area (Å²) in [5, 5.41) is 0.534. The van der Waals surface area contributed by atoms with Crippen LogP contribution >= 0.6 is 11.6 Å². The first kappa shape index (κ1) is 20.1. The number of ketones is 2. The van der Waals surface area contributed by atoms with Gasteiger partial charge in [0, 0.05) is 22.2 Å². The summed E-state index contributed by atoms with van der Waals surface area (Å²) in [4.78, 5) is 55.2. The van der Waals surface area contributed by atoms with E-state index in [0.717, 1.165) is 12.8 Å². The van der Waals surface area contributed by atoms with Gasteiger partial charge in [-0.25, -0.2) is 4.90 Å². The van der Waals surface area contributed by atoms with Gasteiger partial charge in [-0.15, -0.1) is 0 Å². The standard InChI is InChI=1S/C24H21ClN2O4/c1-13(28)14-6-10-17(11-7-14)27-23(30)19-18-3-2-12-26(18)21(20(19)24(27)31)22(29)15-4-8-16(25)9-5-15/h4-11,18-21H,2-3,12H2,1H3/t18-,19+,20+,21-/m1/s1. The van der Waals surface area contributed by atoms with Crippen LogP contribution < -0.4 is 4.90 Å². The molecule has 2 aromatic rings. The molecular formula is C24H21ClN2O4. The van der Waals surface area contributed by atoms with E-state index in [0.29, 0.717) is 28.4 Å². The molecule has 0 spiro atoms. The first-order chi connectivity index (χ1) is 14.9. The Kier molecular flexibility index (Phi) is 4.79. The number of fused-ring (bicyclic) bond motifs is 3. The fraction of sp³-hybridized carbons (Fsp3) is 0.333. The van der Waals surface area contributed by atoms with Gasteiger partial charge >= 0.3 is 0 Å². The van der Waals surface area contributed by atoms with Crippen molar-refractivity contribution in [2.45, 2.75) is 31.8 Å². The molecule has 0 aromatic heterocycles. The third-order valence-electron chi connectivity index (χ3n) is 6.78. The molecule has 2 amide bonds. The van der Waals surface area contributed by atoms with Crippen molar-refractivity contribution in [1.29, 1.82) is 0 Å². The number of Topliss-reactive ketones (excluding diaryl/α,β-unsaturated/α-hetero) is 2. The lowest BCUT2D eigenvalue weighted by Gasteiger charge is -2.27. The molecule has 0 radical (unpaired) electrons. The number of hydrogen-bond acceptors (Lipinski definition) is 5. The largest absolute Gasteiger partial charge is 0.295 e. The zero-order chi connectivity index (χ0) is 21.9. The molecule has 7 heteroatoms. The van der Waals surface area contributed by atoms with Crippen molar-refractivity contribution < 1.29 is 19.2 Å². The Morgan fingerprint density at radius 2 is 1.52 bits per heavy atom. The second kappa shape index (κ2) is 7.39. The maximum atomic E-state index is 13.5. The van der Waals surface area contributed by atoms with Gasteiger partial charge in [-0.2, -0.15) is 0 Å². The SMILES string of the molecule is CC(=O)c1ccc(N2C(=O)[C@@H]3[C@H](C2=O)[C@H](C(=O)c2ccc(Cl)cc2)N2CCC[C@H]32)cc1. The predicted molar refractivity (Wildman–Crippen MR) is 115 cm³/mol. The molecule has 31 heavy (non-hydrogen) atoms. The number of anilines is 1. The van der Waals surface area contributed by atoms with Crippen LogP contribution in [0.25, 0.3) is 0 Å². The fourth-order valence-electron chi connectivity index (χ4n) is 5.40. The van der Waals surface area contributed by atoms with E-state index < -0.39 is 17.9 Å². The van der Waals surface area contributed by atoms with Crippen molar-refractivity contribution in [2.75, 3.05) is 11.4 Å². The molecule has 3 aliphatic rings. The van der Waals surface area contributed by atoms with E-state index in [1.165, 1.54) is 11.8 Å². The molecule has 5 rings (SSSR count). The lowest BCUT2D eigenvalue weighted by atomic mass is 9.85. The van der Waals surface area contributed by atoms with E-state index in [-0.39, 0.29) is 29.4 Å². The lowest BCUT2D eigenvalue weighted by Crippen LogP contribution is -2.46. The molecule has 158 valence electrons. The van der Waals surface area contributed by atoms with E-state index in [9.17, 15) is 19.2 Å². The summed E-state index contributed by atoms with van der Waals surface area (Å²) in [5.74, 6) is -2.05. The highest BCUT2D eigenvalue weighted by Gasteiger charge is 2.64. The molecule has 0 aliphatic carbocycles. The van der Waals surface area contributed by atoms with Crippen LogP contribution in [0.5, 0.6) is 0 Å². The topological polar surface area (TPSA) is 74.8 Å². The fourth-order valence-corrected chi connectivity index (χ4v) is 5.53. The zero-order valence-corrected chi connectivity index (χ0v) is 17.7. The Morgan fingerprint density at radius 1 is 0.903 bits per heavy atom. The Hall–Kier alpha value is -2.83.